The van der Waals surface area contributed by atoms with E-state index in [1.54, 1.807) is 0 Å². The molecule has 4 heteroatoms. The minimum atomic E-state index is 0.216. The minimum Gasteiger partial charge on any atom is -0.492 e. The molecule has 0 unspecified atom stereocenters. The zero-order valence-electron chi connectivity index (χ0n) is 9.62. The molecule has 94 valence electrons. The lowest BCUT2D eigenvalue weighted by molar-refractivity contribution is 0.00341. The SMILES string of the molecule is BrCC1(COc2ccccc2Br)CCOCC1. The van der Waals surface area contributed by atoms with Gasteiger partial charge in [0.2, 0.25) is 0 Å². The van der Waals surface area contributed by atoms with Crippen LogP contribution in [0.3, 0.4) is 0 Å². The highest BCUT2D eigenvalue weighted by atomic mass is 79.9. The molecule has 1 fully saturated rings. The highest BCUT2D eigenvalue weighted by Gasteiger charge is 2.32. The van der Waals surface area contributed by atoms with Crippen molar-refractivity contribution in [2.45, 2.75) is 12.8 Å². The van der Waals surface area contributed by atoms with E-state index in [2.05, 4.69) is 31.9 Å². The fourth-order valence-electron chi connectivity index (χ4n) is 1.91. The number of benzene rings is 1. The third kappa shape index (κ3) is 3.46. The Hall–Kier alpha value is -0.0600. The zero-order valence-corrected chi connectivity index (χ0v) is 12.8. The molecular weight excluding hydrogens is 348 g/mol. The van der Waals surface area contributed by atoms with Gasteiger partial charge in [-0.15, -0.1) is 0 Å². The molecule has 2 rings (SSSR count). The summed E-state index contributed by atoms with van der Waals surface area (Å²) in [6.45, 7) is 2.42. The minimum absolute atomic E-state index is 0.216. The van der Waals surface area contributed by atoms with E-state index in [1.807, 2.05) is 24.3 Å². The van der Waals surface area contributed by atoms with Gasteiger partial charge in [0.25, 0.3) is 0 Å². The first kappa shape index (κ1) is 13.4. The van der Waals surface area contributed by atoms with Crippen molar-refractivity contribution in [3.63, 3.8) is 0 Å². The van der Waals surface area contributed by atoms with Crippen molar-refractivity contribution in [1.29, 1.82) is 0 Å². The molecule has 1 aliphatic rings. The van der Waals surface area contributed by atoms with E-state index in [-0.39, 0.29) is 5.41 Å². The van der Waals surface area contributed by atoms with Gasteiger partial charge < -0.3 is 9.47 Å². The van der Waals surface area contributed by atoms with Crippen LogP contribution in [0.25, 0.3) is 0 Å². The fourth-order valence-corrected chi connectivity index (χ4v) is 3.04. The van der Waals surface area contributed by atoms with Gasteiger partial charge in [0, 0.05) is 24.0 Å². The Morgan fingerprint density at radius 1 is 1.24 bits per heavy atom. The number of para-hydroxylation sites is 1. The average Bonchev–Trinajstić information content (AvgIpc) is 2.39. The van der Waals surface area contributed by atoms with Gasteiger partial charge in [-0.1, -0.05) is 28.1 Å². The number of ether oxygens (including phenoxy) is 2. The lowest BCUT2D eigenvalue weighted by Crippen LogP contribution is -2.36. The van der Waals surface area contributed by atoms with E-state index in [4.69, 9.17) is 9.47 Å². The normalized spacial score (nSPS) is 18.9. The second kappa shape index (κ2) is 6.21. The van der Waals surface area contributed by atoms with Gasteiger partial charge in [0.05, 0.1) is 11.1 Å². The molecule has 1 aromatic carbocycles. The molecule has 0 radical (unpaired) electrons. The maximum absolute atomic E-state index is 5.94. The summed E-state index contributed by atoms with van der Waals surface area (Å²) in [7, 11) is 0. The lowest BCUT2D eigenvalue weighted by Gasteiger charge is -2.35. The predicted octanol–water partition coefficient (Wildman–Crippen LogP) is 4.02. The van der Waals surface area contributed by atoms with Gasteiger partial charge in [-0.25, -0.2) is 0 Å². The van der Waals surface area contributed by atoms with E-state index >= 15 is 0 Å². The second-order valence-electron chi connectivity index (χ2n) is 4.47. The van der Waals surface area contributed by atoms with Crippen LogP contribution in [-0.4, -0.2) is 25.2 Å². The average molecular weight is 364 g/mol. The molecule has 1 aliphatic heterocycles. The summed E-state index contributed by atoms with van der Waals surface area (Å²) in [5, 5.41) is 0.966. The molecule has 0 spiro atoms. The largest absolute Gasteiger partial charge is 0.492 e. The maximum Gasteiger partial charge on any atom is 0.133 e. The van der Waals surface area contributed by atoms with E-state index in [9.17, 15) is 0 Å². The Balaban J connectivity index is 1.98. The van der Waals surface area contributed by atoms with Crippen LogP contribution in [0, 0.1) is 5.41 Å². The van der Waals surface area contributed by atoms with Crippen molar-refractivity contribution >= 4 is 31.9 Å². The summed E-state index contributed by atoms with van der Waals surface area (Å²) in [6.07, 6.45) is 2.12. The number of hydrogen-bond acceptors (Lipinski definition) is 2. The molecule has 0 saturated carbocycles. The van der Waals surface area contributed by atoms with Gasteiger partial charge in [-0.05, 0) is 40.9 Å². The number of rotatable bonds is 4. The van der Waals surface area contributed by atoms with Gasteiger partial charge in [-0.3, -0.25) is 0 Å². The third-order valence-corrected chi connectivity index (χ3v) is 5.05. The van der Waals surface area contributed by atoms with E-state index in [0.29, 0.717) is 0 Å². The van der Waals surface area contributed by atoms with E-state index < -0.39 is 0 Å². The summed E-state index contributed by atoms with van der Waals surface area (Å²) in [5.41, 5.74) is 0.216. The monoisotopic (exact) mass is 362 g/mol. The van der Waals surface area contributed by atoms with Crippen LogP contribution in [0.15, 0.2) is 28.7 Å². The second-order valence-corrected chi connectivity index (χ2v) is 5.88. The highest BCUT2D eigenvalue weighted by Crippen LogP contribution is 2.34. The Morgan fingerprint density at radius 3 is 2.59 bits per heavy atom. The molecule has 0 bridgehead atoms. The van der Waals surface area contributed by atoms with Crippen LogP contribution in [0.1, 0.15) is 12.8 Å². The molecular formula is C13H16Br2O2. The van der Waals surface area contributed by atoms with Gasteiger partial charge in [0.1, 0.15) is 5.75 Å². The summed E-state index contributed by atoms with van der Waals surface area (Å²) in [6, 6.07) is 7.97. The van der Waals surface area contributed by atoms with Crippen molar-refractivity contribution in [2.24, 2.45) is 5.41 Å². The van der Waals surface area contributed by atoms with Crippen LogP contribution >= 0.6 is 31.9 Å². The van der Waals surface area contributed by atoms with Crippen LogP contribution in [-0.2, 0) is 4.74 Å². The first-order chi connectivity index (χ1) is 8.26. The Bertz CT molecular complexity index is 362. The topological polar surface area (TPSA) is 18.5 Å². The molecule has 0 aromatic heterocycles. The summed E-state index contributed by atoms with van der Waals surface area (Å²) >= 11 is 7.11. The predicted molar refractivity (Wildman–Crippen MR) is 75.9 cm³/mol. The van der Waals surface area contributed by atoms with Crippen LogP contribution in [0.4, 0.5) is 0 Å². The summed E-state index contributed by atoms with van der Waals surface area (Å²) in [4.78, 5) is 0. The molecule has 0 N–H and O–H groups in total. The van der Waals surface area contributed by atoms with Crippen LogP contribution in [0.5, 0.6) is 5.75 Å². The molecule has 2 nitrogen and oxygen atoms in total. The Kier molecular flexibility index (Phi) is 4.88. The molecule has 17 heavy (non-hydrogen) atoms. The smallest absolute Gasteiger partial charge is 0.133 e. The Morgan fingerprint density at radius 2 is 1.94 bits per heavy atom. The molecule has 0 aliphatic carbocycles. The van der Waals surface area contributed by atoms with Gasteiger partial charge >= 0.3 is 0 Å². The van der Waals surface area contributed by atoms with Gasteiger partial charge in [0.15, 0.2) is 0 Å². The quantitative estimate of drug-likeness (QED) is 0.752. The standard InChI is InChI=1S/C13H16Br2O2/c14-9-13(5-7-16-8-6-13)10-17-12-4-2-1-3-11(12)15/h1-4H,5-10H2. The maximum atomic E-state index is 5.94. The van der Waals surface area contributed by atoms with Gasteiger partial charge in [-0.2, -0.15) is 0 Å². The lowest BCUT2D eigenvalue weighted by atomic mass is 9.83. The van der Waals surface area contributed by atoms with E-state index in [0.717, 1.165) is 48.2 Å². The molecule has 1 aromatic rings. The summed E-state index contributed by atoms with van der Waals surface area (Å²) < 4.78 is 12.4. The number of halogens is 2. The highest BCUT2D eigenvalue weighted by molar-refractivity contribution is 9.10. The third-order valence-electron chi connectivity index (χ3n) is 3.21. The van der Waals surface area contributed by atoms with E-state index in [1.165, 1.54) is 0 Å². The Labute approximate surface area is 119 Å². The number of alkyl halides is 1. The molecule has 0 atom stereocenters. The van der Waals surface area contributed by atoms with Crippen molar-refractivity contribution in [1.82, 2.24) is 0 Å². The molecule has 1 heterocycles. The van der Waals surface area contributed by atoms with Crippen LogP contribution < -0.4 is 4.74 Å². The van der Waals surface area contributed by atoms with Crippen LogP contribution in [0.2, 0.25) is 0 Å². The fraction of sp³-hybridized carbons (Fsp3) is 0.538. The molecule has 1 saturated heterocycles. The first-order valence-corrected chi connectivity index (χ1v) is 7.68. The number of hydrogen-bond donors (Lipinski definition) is 0. The van der Waals surface area contributed by atoms with Crippen molar-refractivity contribution in [3.05, 3.63) is 28.7 Å². The zero-order chi connectivity index (χ0) is 12.1. The van der Waals surface area contributed by atoms with Crippen molar-refractivity contribution < 1.29 is 9.47 Å². The molecule has 0 amide bonds. The summed E-state index contributed by atoms with van der Waals surface area (Å²) in [5.74, 6) is 0.916. The van der Waals surface area contributed by atoms with Crippen molar-refractivity contribution in [3.8, 4) is 5.75 Å². The first-order valence-electron chi connectivity index (χ1n) is 5.77. The van der Waals surface area contributed by atoms with Crippen molar-refractivity contribution in [2.75, 3.05) is 25.2 Å².